The van der Waals surface area contributed by atoms with Crippen molar-refractivity contribution in [3.8, 4) is 23.0 Å². The third kappa shape index (κ3) is 5.02. The van der Waals surface area contributed by atoms with Crippen molar-refractivity contribution in [2.75, 3.05) is 19.9 Å². The van der Waals surface area contributed by atoms with Crippen molar-refractivity contribution in [3.05, 3.63) is 88.8 Å². The van der Waals surface area contributed by atoms with Crippen LogP contribution >= 0.6 is 11.8 Å². The van der Waals surface area contributed by atoms with Crippen LogP contribution in [0.25, 0.3) is 6.08 Å². The van der Waals surface area contributed by atoms with E-state index in [1.54, 1.807) is 6.08 Å². The molecule has 0 spiro atoms. The molecule has 1 saturated heterocycles. The average molecular weight is 476 g/mol. The summed E-state index contributed by atoms with van der Waals surface area (Å²) in [5, 5.41) is -0.295. The van der Waals surface area contributed by atoms with Crippen LogP contribution in [0.15, 0.2) is 77.7 Å². The number of nitrogens with zero attached hydrogens (tertiary/aromatic N) is 1. The van der Waals surface area contributed by atoms with Gasteiger partial charge in [0.25, 0.3) is 11.1 Å². The number of fused-ring (bicyclic) bond motifs is 1. The maximum absolute atomic E-state index is 12.7. The number of ether oxygens (including phenoxy) is 4. The minimum Gasteiger partial charge on any atom is -0.492 e. The second kappa shape index (κ2) is 9.93. The maximum Gasteiger partial charge on any atom is 0.293 e. The third-order valence-electron chi connectivity index (χ3n) is 5.22. The van der Waals surface area contributed by atoms with Gasteiger partial charge < -0.3 is 18.9 Å². The SMILES string of the molecule is O=C1S/C(=C\c2ccc(OCc3ccc4c(c3)OCO4)cc2)C(=O)N1CCOc1ccccc1. The van der Waals surface area contributed by atoms with E-state index in [2.05, 4.69) is 0 Å². The topological polar surface area (TPSA) is 74.3 Å². The van der Waals surface area contributed by atoms with Crippen LogP contribution in [0.5, 0.6) is 23.0 Å². The number of para-hydroxylation sites is 1. The van der Waals surface area contributed by atoms with Gasteiger partial charge in [0.05, 0.1) is 11.4 Å². The Morgan fingerprint density at radius 3 is 2.47 bits per heavy atom. The van der Waals surface area contributed by atoms with Crippen molar-refractivity contribution in [2.45, 2.75) is 6.61 Å². The molecule has 2 heterocycles. The summed E-state index contributed by atoms with van der Waals surface area (Å²) in [4.78, 5) is 26.6. The minimum atomic E-state index is -0.310. The molecule has 0 atom stereocenters. The Morgan fingerprint density at radius 1 is 0.882 bits per heavy atom. The number of thioether (sulfide) groups is 1. The highest BCUT2D eigenvalue weighted by molar-refractivity contribution is 8.18. The molecule has 3 aromatic carbocycles. The van der Waals surface area contributed by atoms with Gasteiger partial charge >= 0.3 is 0 Å². The molecule has 2 aliphatic rings. The quantitative estimate of drug-likeness (QED) is 0.419. The van der Waals surface area contributed by atoms with E-state index in [9.17, 15) is 9.59 Å². The standard InChI is InChI=1S/C26H21NO6S/c28-25-24(34-26(29)27(25)12-13-30-20-4-2-1-3-5-20)15-18-6-9-21(10-7-18)31-16-19-8-11-22-23(14-19)33-17-32-22/h1-11,14-15H,12-13,16-17H2/b24-15-. The van der Waals surface area contributed by atoms with Crippen molar-refractivity contribution in [2.24, 2.45) is 0 Å². The Morgan fingerprint density at radius 2 is 1.65 bits per heavy atom. The van der Waals surface area contributed by atoms with E-state index in [1.807, 2.05) is 72.8 Å². The predicted octanol–water partition coefficient (Wildman–Crippen LogP) is 5.11. The monoisotopic (exact) mass is 475 g/mol. The van der Waals surface area contributed by atoms with Gasteiger partial charge in [0, 0.05) is 0 Å². The van der Waals surface area contributed by atoms with E-state index in [1.165, 1.54) is 4.90 Å². The van der Waals surface area contributed by atoms with Gasteiger partial charge in [-0.2, -0.15) is 0 Å². The van der Waals surface area contributed by atoms with E-state index in [0.29, 0.717) is 23.0 Å². The molecule has 3 aromatic rings. The predicted molar refractivity (Wildman–Crippen MR) is 128 cm³/mol. The zero-order valence-electron chi connectivity index (χ0n) is 18.1. The number of rotatable bonds is 8. The van der Waals surface area contributed by atoms with Crippen molar-refractivity contribution in [1.29, 1.82) is 0 Å². The van der Waals surface area contributed by atoms with Gasteiger partial charge in [-0.3, -0.25) is 14.5 Å². The Bertz CT molecular complexity index is 1230. The molecule has 0 bridgehead atoms. The van der Waals surface area contributed by atoms with Gasteiger partial charge in [-0.25, -0.2) is 0 Å². The van der Waals surface area contributed by atoms with E-state index < -0.39 is 0 Å². The lowest BCUT2D eigenvalue weighted by Crippen LogP contribution is -2.32. The number of imide groups is 1. The van der Waals surface area contributed by atoms with Gasteiger partial charge in [0.2, 0.25) is 6.79 Å². The molecular formula is C26H21NO6S. The van der Waals surface area contributed by atoms with Crippen LogP contribution in [-0.2, 0) is 11.4 Å². The van der Waals surface area contributed by atoms with Crippen LogP contribution in [-0.4, -0.2) is 36.0 Å². The van der Waals surface area contributed by atoms with E-state index in [-0.39, 0.29) is 31.1 Å². The van der Waals surface area contributed by atoms with Crippen molar-refractivity contribution < 1.29 is 28.5 Å². The fourth-order valence-corrected chi connectivity index (χ4v) is 4.34. The molecule has 0 saturated carbocycles. The van der Waals surface area contributed by atoms with Crippen molar-refractivity contribution >= 4 is 29.0 Å². The van der Waals surface area contributed by atoms with Crippen LogP contribution in [0.4, 0.5) is 4.79 Å². The highest BCUT2D eigenvalue weighted by Crippen LogP contribution is 2.34. The van der Waals surface area contributed by atoms with Crippen LogP contribution in [0.1, 0.15) is 11.1 Å². The van der Waals surface area contributed by atoms with Crippen LogP contribution in [0, 0.1) is 0 Å². The molecule has 2 aliphatic heterocycles. The Labute approximate surface area is 200 Å². The fraction of sp³-hybridized carbons (Fsp3) is 0.154. The van der Waals surface area contributed by atoms with Gasteiger partial charge in [-0.1, -0.05) is 36.4 Å². The first kappa shape index (κ1) is 21.9. The highest BCUT2D eigenvalue weighted by Gasteiger charge is 2.34. The Hall–Kier alpha value is -3.91. The normalized spacial score (nSPS) is 15.8. The first-order chi connectivity index (χ1) is 16.7. The summed E-state index contributed by atoms with van der Waals surface area (Å²) in [6.07, 6.45) is 1.71. The van der Waals surface area contributed by atoms with Crippen LogP contribution in [0.2, 0.25) is 0 Å². The van der Waals surface area contributed by atoms with Gasteiger partial charge in [-0.05, 0) is 65.4 Å². The summed E-state index contributed by atoms with van der Waals surface area (Å²) in [7, 11) is 0. The molecule has 34 heavy (non-hydrogen) atoms. The number of hydrogen-bond donors (Lipinski definition) is 0. The lowest BCUT2D eigenvalue weighted by molar-refractivity contribution is -0.123. The lowest BCUT2D eigenvalue weighted by Gasteiger charge is -2.13. The smallest absolute Gasteiger partial charge is 0.293 e. The Kier molecular flexibility index (Phi) is 6.40. The van der Waals surface area contributed by atoms with E-state index in [4.69, 9.17) is 18.9 Å². The molecule has 2 amide bonds. The molecule has 0 radical (unpaired) electrons. The maximum atomic E-state index is 12.7. The summed E-state index contributed by atoms with van der Waals surface area (Å²) < 4.78 is 22.2. The highest BCUT2D eigenvalue weighted by atomic mass is 32.2. The minimum absolute atomic E-state index is 0.198. The molecule has 0 aliphatic carbocycles. The van der Waals surface area contributed by atoms with E-state index in [0.717, 1.165) is 34.4 Å². The second-order valence-electron chi connectivity index (χ2n) is 7.54. The first-order valence-corrected chi connectivity index (χ1v) is 11.5. The lowest BCUT2D eigenvalue weighted by atomic mass is 10.2. The molecular weight excluding hydrogens is 454 g/mol. The number of benzene rings is 3. The number of carbonyl (C=O) groups excluding carboxylic acids is 2. The van der Waals surface area contributed by atoms with E-state index >= 15 is 0 Å². The molecule has 8 heteroatoms. The Balaban J connectivity index is 1.16. The summed E-state index contributed by atoms with van der Waals surface area (Å²) in [6.45, 7) is 1.07. The fourth-order valence-electron chi connectivity index (χ4n) is 3.47. The van der Waals surface area contributed by atoms with Crippen molar-refractivity contribution in [1.82, 2.24) is 4.90 Å². The average Bonchev–Trinajstić information content (AvgIpc) is 3.43. The third-order valence-corrected chi connectivity index (χ3v) is 6.13. The van der Waals surface area contributed by atoms with Crippen molar-refractivity contribution in [3.63, 3.8) is 0 Å². The summed E-state index contributed by atoms with van der Waals surface area (Å²) in [6, 6.07) is 22.3. The molecule has 0 N–H and O–H groups in total. The number of amides is 2. The molecule has 1 fully saturated rings. The summed E-state index contributed by atoms with van der Waals surface area (Å²) >= 11 is 0.934. The van der Waals surface area contributed by atoms with Gasteiger partial charge in [0.15, 0.2) is 11.5 Å². The molecule has 0 unspecified atom stereocenters. The molecule has 0 aromatic heterocycles. The number of hydrogen-bond acceptors (Lipinski definition) is 7. The van der Waals surface area contributed by atoms with Gasteiger partial charge in [0.1, 0.15) is 24.7 Å². The first-order valence-electron chi connectivity index (χ1n) is 10.7. The zero-order chi connectivity index (χ0) is 23.3. The summed E-state index contributed by atoms with van der Waals surface area (Å²) in [5.74, 6) is 2.54. The number of carbonyl (C=O) groups is 2. The van der Waals surface area contributed by atoms with Crippen LogP contribution < -0.4 is 18.9 Å². The van der Waals surface area contributed by atoms with Crippen LogP contribution in [0.3, 0.4) is 0 Å². The molecule has 7 nitrogen and oxygen atoms in total. The zero-order valence-corrected chi connectivity index (χ0v) is 19.0. The summed E-state index contributed by atoms with van der Waals surface area (Å²) in [5.41, 5.74) is 1.78. The second-order valence-corrected chi connectivity index (χ2v) is 8.53. The molecule has 172 valence electrons. The molecule has 5 rings (SSSR count). The largest absolute Gasteiger partial charge is 0.492 e. The van der Waals surface area contributed by atoms with Gasteiger partial charge in [-0.15, -0.1) is 0 Å².